The van der Waals surface area contributed by atoms with Crippen LogP contribution in [0.15, 0.2) is 83.2 Å². The molecule has 0 heterocycles. The van der Waals surface area contributed by atoms with Crippen molar-refractivity contribution in [1.82, 2.24) is 10.2 Å². The molecular formula is C26H39FN2O. The first-order valence-corrected chi connectivity index (χ1v) is 10.4. The molecule has 0 spiro atoms. The van der Waals surface area contributed by atoms with Gasteiger partial charge in [0.1, 0.15) is 5.83 Å². The molecule has 3 nitrogen and oxygen atoms in total. The maximum Gasteiger partial charge on any atom is 0.176 e. The summed E-state index contributed by atoms with van der Waals surface area (Å²) < 4.78 is 14.4. The number of nitrogens with zero attached hydrogens (tertiary/aromatic N) is 1. The van der Waals surface area contributed by atoms with E-state index >= 15 is 0 Å². The summed E-state index contributed by atoms with van der Waals surface area (Å²) in [4.78, 5) is 13.9. The number of nitrogens with one attached hydrogen (secondary N) is 1. The Bertz CT molecular complexity index is 792. The highest BCUT2D eigenvalue weighted by Crippen LogP contribution is 2.23. The molecule has 0 amide bonds. The van der Waals surface area contributed by atoms with E-state index in [-0.39, 0.29) is 17.5 Å². The zero-order valence-electron chi connectivity index (χ0n) is 20.0. The molecule has 1 N–H and O–H groups in total. The van der Waals surface area contributed by atoms with Crippen LogP contribution in [0.1, 0.15) is 54.9 Å². The van der Waals surface area contributed by atoms with Gasteiger partial charge in [-0.3, -0.25) is 4.79 Å². The molecule has 0 aromatic rings. The number of likely N-dealkylation sites (N-methyl/N-ethyl adjacent to an activating group) is 1. The first-order chi connectivity index (χ1) is 14.0. The van der Waals surface area contributed by atoms with Gasteiger partial charge in [-0.1, -0.05) is 63.8 Å². The Hall–Kier alpha value is -2.62. The number of carbonyl (C=O) groups excluding carboxylic acids is 1. The Morgan fingerprint density at radius 1 is 1.17 bits per heavy atom. The Morgan fingerprint density at radius 2 is 1.77 bits per heavy atom. The molecule has 0 aromatic carbocycles. The van der Waals surface area contributed by atoms with Crippen LogP contribution in [0, 0.1) is 5.92 Å². The second-order valence-corrected chi connectivity index (χ2v) is 7.70. The van der Waals surface area contributed by atoms with Crippen molar-refractivity contribution in [3.8, 4) is 0 Å². The molecule has 0 radical (unpaired) electrons. The minimum Gasteiger partial charge on any atom is -0.381 e. The fraction of sp³-hybridized carbons (Fsp3) is 0.423. The Kier molecular flexibility index (Phi) is 12.4. The van der Waals surface area contributed by atoms with E-state index in [4.69, 9.17) is 0 Å². The Labute approximate surface area is 183 Å². The van der Waals surface area contributed by atoms with Crippen molar-refractivity contribution < 1.29 is 9.18 Å². The predicted octanol–water partition coefficient (Wildman–Crippen LogP) is 6.77. The molecule has 166 valence electrons. The Morgan fingerprint density at radius 3 is 2.20 bits per heavy atom. The molecule has 0 aliphatic carbocycles. The molecule has 0 bridgehead atoms. The van der Waals surface area contributed by atoms with E-state index in [1.54, 1.807) is 38.8 Å². The number of rotatable bonds is 12. The number of hydrogen-bond acceptors (Lipinski definition) is 3. The maximum atomic E-state index is 14.4. The van der Waals surface area contributed by atoms with Crippen LogP contribution in [0.4, 0.5) is 4.39 Å². The van der Waals surface area contributed by atoms with Gasteiger partial charge in [0.05, 0.1) is 5.70 Å². The zero-order chi connectivity index (χ0) is 23.4. The van der Waals surface area contributed by atoms with Crippen molar-refractivity contribution >= 4 is 5.78 Å². The van der Waals surface area contributed by atoms with Gasteiger partial charge in [0.25, 0.3) is 0 Å². The summed E-state index contributed by atoms with van der Waals surface area (Å²) in [6, 6.07) is 0. The minimum absolute atomic E-state index is 0.151. The van der Waals surface area contributed by atoms with Crippen molar-refractivity contribution in [2.75, 3.05) is 13.6 Å². The van der Waals surface area contributed by atoms with Gasteiger partial charge in [-0.2, -0.15) is 0 Å². The summed E-state index contributed by atoms with van der Waals surface area (Å²) in [5.74, 6) is -0.632. The largest absolute Gasteiger partial charge is 0.381 e. The molecule has 0 aliphatic heterocycles. The number of hydrogen-bond donors (Lipinski definition) is 1. The second kappa shape index (κ2) is 13.6. The summed E-state index contributed by atoms with van der Waals surface area (Å²) in [5, 5.41) is 3.40. The quantitative estimate of drug-likeness (QED) is 0.283. The third-order valence-electron chi connectivity index (χ3n) is 4.44. The number of Topliss-reactive ketones (excluding diaryl/α,β-unsaturated/α-hetero) is 1. The highest BCUT2D eigenvalue weighted by atomic mass is 19.1. The monoisotopic (exact) mass is 414 g/mol. The van der Waals surface area contributed by atoms with Crippen LogP contribution in [0.3, 0.4) is 0 Å². The van der Waals surface area contributed by atoms with Gasteiger partial charge in [-0.05, 0) is 44.4 Å². The summed E-state index contributed by atoms with van der Waals surface area (Å²) in [6.07, 6.45) is 10.6. The lowest BCUT2D eigenvalue weighted by Gasteiger charge is -2.24. The molecule has 0 atom stereocenters. The van der Waals surface area contributed by atoms with Crippen molar-refractivity contribution in [3.05, 3.63) is 83.2 Å². The molecular weight excluding hydrogens is 375 g/mol. The molecule has 0 aliphatic rings. The minimum atomic E-state index is -0.244. The topological polar surface area (TPSA) is 32.3 Å². The third-order valence-corrected chi connectivity index (χ3v) is 4.44. The summed E-state index contributed by atoms with van der Waals surface area (Å²) in [6.45, 7) is 21.4. The van der Waals surface area contributed by atoms with E-state index in [2.05, 4.69) is 18.5 Å². The van der Waals surface area contributed by atoms with Crippen LogP contribution in [0.25, 0.3) is 0 Å². The van der Waals surface area contributed by atoms with E-state index in [1.165, 1.54) is 6.92 Å². The summed E-state index contributed by atoms with van der Waals surface area (Å²) in [7, 11) is 1.70. The van der Waals surface area contributed by atoms with Gasteiger partial charge in [0.2, 0.25) is 0 Å². The fourth-order valence-corrected chi connectivity index (χ4v) is 2.84. The first-order valence-electron chi connectivity index (χ1n) is 10.4. The molecule has 30 heavy (non-hydrogen) atoms. The van der Waals surface area contributed by atoms with Crippen LogP contribution in [0.5, 0.6) is 0 Å². The number of halogens is 1. The highest BCUT2D eigenvalue weighted by Gasteiger charge is 2.17. The average molecular weight is 415 g/mol. The van der Waals surface area contributed by atoms with Crippen molar-refractivity contribution in [2.24, 2.45) is 5.92 Å². The number of ketones is 1. The van der Waals surface area contributed by atoms with Crippen molar-refractivity contribution in [3.63, 3.8) is 0 Å². The molecule has 0 saturated carbocycles. The van der Waals surface area contributed by atoms with E-state index in [9.17, 15) is 9.18 Å². The van der Waals surface area contributed by atoms with Gasteiger partial charge < -0.3 is 10.2 Å². The van der Waals surface area contributed by atoms with E-state index in [1.807, 2.05) is 45.1 Å². The lowest BCUT2D eigenvalue weighted by Crippen LogP contribution is -2.23. The SMILES string of the molecule is C=C(C)/C=C(\C=C/C)CNC(=CCC)C(=C)/C=C(/C(C)=O)N(C)/C(C)=C(/F)C(C)C. The first kappa shape index (κ1) is 27.4. The van der Waals surface area contributed by atoms with E-state index in [0.29, 0.717) is 23.5 Å². The molecule has 0 aromatic heterocycles. The standard InChI is InChI=1S/C26H39FN2O/c1-11-13-23(15-18(3)4)17-28-24(14-12-2)20(7)16-25(22(9)30)29(10)21(8)26(27)19(5)6/h11,13-16,19,28H,3,7,12,17H2,1-2,4-6,8-10H3/b13-11-,23-15+,24-14?,25-16-,26-21+. The van der Waals surface area contributed by atoms with Gasteiger partial charge in [0.15, 0.2) is 5.78 Å². The van der Waals surface area contributed by atoms with Gasteiger partial charge in [-0.25, -0.2) is 4.39 Å². The number of allylic oxidation sites excluding steroid dienone is 8. The average Bonchev–Trinajstić information content (AvgIpc) is 2.66. The summed E-state index contributed by atoms with van der Waals surface area (Å²) >= 11 is 0. The van der Waals surface area contributed by atoms with Crippen LogP contribution in [-0.4, -0.2) is 24.3 Å². The normalized spacial score (nSPS) is 14.1. The molecule has 0 unspecified atom stereocenters. The Balaban J connectivity index is 5.87. The van der Waals surface area contributed by atoms with E-state index < -0.39 is 0 Å². The fourth-order valence-electron chi connectivity index (χ4n) is 2.84. The molecule has 0 saturated heterocycles. The van der Waals surface area contributed by atoms with Gasteiger partial charge in [-0.15, -0.1) is 0 Å². The maximum absolute atomic E-state index is 14.4. The lowest BCUT2D eigenvalue weighted by atomic mass is 10.1. The van der Waals surface area contributed by atoms with E-state index in [0.717, 1.165) is 23.3 Å². The third kappa shape index (κ3) is 9.25. The second-order valence-electron chi connectivity index (χ2n) is 7.70. The van der Waals surface area contributed by atoms with Gasteiger partial charge >= 0.3 is 0 Å². The van der Waals surface area contributed by atoms with Crippen LogP contribution in [0.2, 0.25) is 0 Å². The highest BCUT2D eigenvalue weighted by molar-refractivity contribution is 5.93. The summed E-state index contributed by atoms with van der Waals surface area (Å²) in [5.41, 5.74) is 4.39. The van der Waals surface area contributed by atoms with Crippen molar-refractivity contribution in [1.29, 1.82) is 0 Å². The predicted molar refractivity (Wildman–Crippen MR) is 128 cm³/mol. The van der Waals surface area contributed by atoms with Crippen LogP contribution in [-0.2, 0) is 4.79 Å². The zero-order valence-corrected chi connectivity index (χ0v) is 20.0. The van der Waals surface area contributed by atoms with Crippen molar-refractivity contribution in [2.45, 2.75) is 54.9 Å². The van der Waals surface area contributed by atoms with Crippen LogP contribution < -0.4 is 5.32 Å². The van der Waals surface area contributed by atoms with Gasteiger partial charge in [0, 0.05) is 37.8 Å². The number of carbonyl (C=O) groups is 1. The molecule has 4 heteroatoms. The molecule has 0 rings (SSSR count). The molecule has 0 fully saturated rings. The van der Waals surface area contributed by atoms with Crippen LogP contribution >= 0.6 is 0 Å². The smallest absolute Gasteiger partial charge is 0.176 e. The lowest BCUT2D eigenvalue weighted by molar-refractivity contribution is -0.114.